The van der Waals surface area contributed by atoms with Gasteiger partial charge in [-0.3, -0.25) is 14.2 Å². The molecule has 0 aliphatic heterocycles. The minimum absolute atomic E-state index is 0.150. The maximum atomic E-state index is 12.8. The quantitative estimate of drug-likeness (QED) is 0.483. The fourth-order valence-electron chi connectivity index (χ4n) is 3.28. The van der Waals surface area contributed by atoms with E-state index < -0.39 is 0 Å². The van der Waals surface area contributed by atoms with Gasteiger partial charge in [-0.1, -0.05) is 6.07 Å². The number of aryl methyl sites for hydroxylation is 1. The molecule has 0 aliphatic carbocycles. The van der Waals surface area contributed by atoms with Crippen molar-refractivity contribution in [1.82, 2.24) is 14.9 Å². The van der Waals surface area contributed by atoms with E-state index >= 15 is 0 Å². The summed E-state index contributed by atoms with van der Waals surface area (Å²) in [5.41, 5.74) is 1.53. The van der Waals surface area contributed by atoms with Gasteiger partial charge in [0.2, 0.25) is 0 Å². The lowest BCUT2D eigenvalue weighted by molar-refractivity contribution is 0.0957. The molecule has 2 aromatic heterocycles. The van der Waals surface area contributed by atoms with E-state index in [-0.39, 0.29) is 11.5 Å². The van der Waals surface area contributed by atoms with E-state index in [0.717, 1.165) is 5.56 Å². The number of fused-ring (bicyclic) bond motifs is 1. The number of carbonyl (C=O) groups excluding carboxylic acids is 1. The highest BCUT2D eigenvalue weighted by Crippen LogP contribution is 2.28. The van der Waals surface area contributed by atoms with Crippen LogP contribution >= 0.6 is 11.3 Å². The van der Waals surface area contributed by atoms with Crippen LogP contribution in [0.1, 0.15) is 27.7 Å². The third kappa shape index (κ3) is 5.05. The largest absolute Gasteiger partial charge is 0.493 e. The topological polar surface area (TPSA) is 91.7 Å². The molecule has 1 aromatic carbocycles. The Labute approximate surface area is 184 Å². The molecule has 0 saturated carbocycles. The number of hydrogen-bond acceptors (Lipinski definition) is 7. The minimum atomic E-state index is -0.207. The van der Waals surface area contributed by atoms with Crippen LogP contribution in [0, 0.1) is 6.92 Å². The standard InChI is InChI=1S/C22H27N3O5S/c1-5-30-11-10-25-13-24-21-18(22(25)27)14(2)19(31-21)20(26)23-9-8-15-6-7-16(28-3)17(12-15)29-4/h6-7,12-13H,5,8-11H2,1-4H3,(H,23,26). The van der Waals surface area contributed by atoms with Crippen LogP contribution in [0.2, 0.25) is 0 Å². The molecule has 2 heterocycles. The number of carbonyl (C=O) groups is 1. The van der Waals surface area contributed by atoms with Crippen LogP contribution in [0.15, 0.2) is 29.3 Å². The van der Waals surface area contributed by atoms with Gasteiger partial charge in [0, 0.05) is 13.2 Å². The number of methoxy groups -OCH3 is 2. The van der Waals surface area contributed by atoms with Gasteiger partial charge in [0.1, 0.15) is 4.83 Å². The molecule has 3 aromatic rings. The normalized spacial score (nSPS) is 11.0. The Morgan fingerprint density at radius 3 is 2.71 bits per heavy atom. The molecule has 1 amide bonds. The third-order valence-corrected chi connectivity index (χ3v) is 6.15. The van der Waals surface area contributed by atoms with E-state index in [0.29, 0.717) is 64.9 Å². The van der Waals surface area contributed by atoms with Gasteiger partial charge in [0.15, 0.2) is 11.5 Å². The number of nitrogens with one attached hydrogen (secondary N) is 1. The molecule has 166 valence electrons. The molecule has 0 saturated heterocycles. The van der Waals surface area contributed by atoms with E-state index in [1.807, 2.05) is 25.1 Å². The number of ether oxygens (including phenoxy) is 3. The molecular weight excluding hydrogens is 418 g/mol. The van der Waals surface area contributed by atoms with Gasteiger partial charge in [0.05, 0.1) is 44.0 Å². The van der Waals surface area contributed by atoms with Crippen LogP contribution in [0.3, 0.4) is 0 Å². The molecule has 0 unspecified atom stereocenters. The summed E-state index contributed by atoms with van der Waals surface area (Å²) in [6.07, 6.45) is 2.15. The summed E-state index contributed by atoms with van der Waals surface area (Å²) in [7, 11) is 3.18. The highest BCUT2D eigenvalue weighted by molar-refractivity contribution is 7.20. The van der Waals surface area contributed by atoms with Crippen molar-refractivity contribution in [3.05, 3.63) is 50.9 Å². The summed E-state index contributed by atoms with van der Waals surface area (Å²) < 4.78 is 17.4. The Morgan fingerprint density at radius 1 is 1.23 bits per heavy atom. The fraction of sp³-hybridized carbons (Fsp3) is 0.409. The maximum Gasteiger partial charge on any atom is 0.262 e. The second kappa shape index (κ2) is 10.4. The number of aromatic nitrogens is 2. The average Bonchev–Trinajstić information content (AvgIpc) is 3.12. The number of rotatable bonds is 10. The Kier molecular flexibility index (Phi) is 7.64. The van der Waals surface area contributed by atoms with E-state index in [1.165, 1.54) is 22.2 Å². The molecule has 0 atom stereocenters. The second-order valence-electron chi connectivity index (χ2n) is 6.87. The van der Waals surface area contributed by atoms with Crippen LogP contribution in [0.5, 0.6) is 11.5 Å². The molecule has 0 bridgehead atoms. The molecule has 0 spiro atoms. The number of hydrogen-bond donors (Lipinski definition) is 1. The Hall–Kier alpha value is -2.91. The molecule has 31 heavy (non-hydrogen) atoms. The van der Waals surface area contributed by atoms with Crippen molar-refractivity contribution < 1.29 is 19.0 Å². The lowest BCUT2D eigenvalue weighted by atomic mass is 10.1. The molecule has 0 fully saturated rings. The fourth-order valence-corrected chi connectivity index (χ4v) is 4.33. The summed E-state index contributed by atoms with van der Waals surface area (Å²) in [4.78, 5) is 31.0. The Balaban J connectivity index is 1.70. The lowest BCUT2D eigenvalue weighted by Crippen LogP contribution is -2.26. The minimum Gasteiger partial charge on any atom is -0.493 e. The van der Waals surface area contributed by atoms with E-state index in [2.05, 4.69) is 10.3 Å². The summed E-state index contributed by atoms with van der Waals surface area (Å²) in [5, 5.41) is 3.43. The Morgan fingerprint density at radius 2 is 2.00 bits per heavy atom. The zero-order valence-electron chi connectivity index (χ0n) is 18.2. The molecule has 0 aliphatic rings. The third-order valence-electron chi connectivity index (χ3n) is 4.95. The SMILES string of the molecule is CCOCCn1cnc2sc(C(=O)NCCc3ccc(OC)c(OC)c3)c(C)c2c1=O. The van der Waals surface area contributed by atoms with Gasteiger partial charge in [-0.05, 0) is 43.5 Å². The highest BCUT2D eigenvalue weighted by Gasteiger charge is 2.19. The first-order valence-electron chi connectivity index (χ1n) is 10.1. The first-order chi connectivity index (χ1) is 15.0. The smallest absolute Gasteiger partial charge is 0.262 e. The monoisotopic (exact) mass is 445 g/mol. The first kappa shape index (κ1) is 22.8. The molecule has 1 N–H and O–H groups in total. The summed E-state index contributed by atoms with van der Waals surface area (Å²) >= 11 is 1.24. The van der Waals surface area contributed by atoms with Gasteiger partial charge < -0.3 is 19.5 Å². The average molecular weight is 446 g/mol. The van der Waals surface area contributed by atoms with Crippen LogP contribution < -0.4 is 20.3 Å². The second-order valence-corrected chi connectivity index (χ2v) is 7.87. The predicted octanol–water partition coefficient (Wildman–Crippen LogP) is 2.79. The van der Waals surface area contributed by atoms with E-state index in [1.54, 1.807) is 21.1 Å². The van der Waals surface area contributed by atoms with Crippen LogP contribution in [0.4, 0.5) is 0 Å². The van der Waals surface area contributed by atoms with Gasteiger partial charge in [-0.25, -0.2) is 4.98 Å². The summed E-state index contributed by atoms with van der Waals surface area (Å²) in [6.45, 7) is 5.61. The number of thiophene rings is 1. The van der Waals surface area contributed by atoms with Crippen LogP contribution in [-0.4, -0.2) is 49.4 Å². The first-order valence-corrected chi connectivity index (χ1v) is 10.9. The van der Waals surface area contributed by atoms with Crippen molar-refractivity contribution in [3.8, 4) is 11.5 Å². The van der Waals surface area contributed by atoms with Crippen LogP contribution in [0.25, 0.3) is 10.2 Å². The molecule has 3 rings (SSSR count). The van der Waals surface area contributed by atoms with Crippen molar-refractivity contribution >= 4 is 27.5 Å². The Bertz CT molecular complexity index is 1120. The molecular formula is C22H27N3O5S. The molecule has 0 radical (unpaired) electrons. The van der Waals surface area contributed by atoms with Crippen molar-refractivity contribution in [2.24, 2.45) is 0 Å². The van der Waals surface area contributed by atoms with Crippen molar-refractivity contribution in [1.29, 1.82) is 0 Å². The van der Waals surface area contributed by atoms with Crippen molar-refractivity contribution in [2.45, 2.75) is 26.8 Å². The van der Waals surface area contributed by atoms with Crippen molar-refractivity contribution in [2.75, 3.05) is 34.0 Å². The summed E-state index contributed by atoms with van der Waals surface area (Å²) in [5.74, 6) is 1.11. The van der Waals surface area contributed by atoms with Crippen molar-refractivity contribution in [3.63, 3.8) is 0 Å². The zero-order valence-corrected chi connectivity index (χ0v) is 19.0. The molecule has 9 heteroatoms. The van der Waals surface area contributed by atoms with Gasteiger partial charge in [-0.15, -0.1) is 11.3 Å². The zero-order chi connectivity index (χ0) is 22.4. The lowest BCUT2D eigenvalue weighted by Gasteiger charge is -2.10. The van der Waals surface area contributed by atoms with Gasteiger partial charge >= 0.3 is 0 Å². The number of nitrogens with zero attached hydrogens (tertiary/aromatic N) is 2. The number of benzene rings is 1. The van der Waals surface area contributed by atoms with Gasteiger partial charge in [0.25, 0.3) is 11.5 Å². The van der Waals surface area contributed by atoms with E-state index in [9.17, 15) is 9.59 Å². The van der Waals surface area contributed by atoms with Gasteiger partial charge in [-0.2, -0.15) is 0 Å². The van der Waals surface area contributed by atoms with Crippen LogP contribution in [-0.2, 0) is 17.7 Å². The maximum absolute atomic E-state index is 12.8. The predicted molar refractivity (Wildman–Crippen MR) is 121 cm³/mol. The highest BCUT2D eigenvalue weighted by atomic mass is 32.1. The summed E-state index contributed by atoms with van der Waals surface area (Å²) in [6, 6.07) is 5.67. The van der Waals surface area contributed by atoms with E-state index in [4.69, 9.17) is 14.2 Å². The molecule has 8 nitrogen and oxygen atoms in total. The number of amides is 1.